The first-order valence-corrected chi connectivity index (χ1v) is 7.29. The van der Waals surface area contributed by atoms with Gasteiger partial charge in [0, 0.05) is 23.5 Å². The Labute approximate surface area is 123 Å². The molecule has 1 amide bonds. The van der Waals surface area contributed by atoms with E-state index < -0.39 is 0 Å². The molecule has 104 valence electrons. The molecule has 1 fully saturated rings. The molecule has 1 aliphatic rings. The number of amides is 1. The van der Waals surface area contributed by atoms with Gasteiger partial charge in [-0.2, -0.15) is 0 Å². The molecule has 19 heavy (non-hydrogen) atoms. The second-order valence-corrected chi connectivity index (χ2v) is 5.43. The predicted octanol–water partition coefficient (Wildman–Crippen LogP) is 3.58. The lowest BCUT2D eigenvalue weighted by atomic mass is 9.91. The van der Waals surface area contributed by atoms with Gasteiger partial charge in [-0.1, -0.05) is 11.6 Å². The summed E-state index contributed by atoms with van der Waals surface area (Å²) in [5.41, 5.74) is 0.545. The first-order chi connectivity index (χ1) is 9.17. The number of hydrogen-bond donors (Lipinski definition) is 0. The van der Waals surface area contributed by atoms with Gasteiger partial charge in [0.05, 0.1) is 12.7 Å². The Morgan fingerprint density at radius 2 is 2.21 bits per heavy atom. The lowest BCUT2D eigenvalue weighted by Gasteiger charge is -2.37. The highest BCUT2D eigenvalue weighted by Gasteiger charge is 2.30. The van der Waals surface area contributed by atoms with E-state index in [2.05, 4.69) is 0 Å². The molecular weight excluding hydrogens is 285 g/mol. The number of carbonyl (C=O) groups is 1. The van der Waals surface area contributed by atoms with Crippen LogP contribution in [0.2, 0.25) is 5.02 Å². The molecule has 5 heteroatoms. The topological polar surface area (TPSA) is 29.5 Å². The fourth-order valence-electron chi connectivity index (χ4n) is 2.24. The maximum Gasteiger partial charge on any atom is 0.257 e. The standard InChI is InChI=1S/C14H17Cl2NO2/c1-19-13-9-10(16)5-6-12(13)14(18)17(8-7-15)11-3-2-4-11/h5-6,9,11H,2-4,7-8H2,1H3. The third-order valence-corrected chi connectivity index (χ3v) is 3.90. The molecule has 3 nitrogen and oxygen atoms in total. The van der Waals surface area contributed by atoms with Crippen molar-refractivity contribution in [3.8, 4) is 5.75 Å². The monoisotopic (exact) mass is 301 g/mol. The highest BCUT2D eigenvalue weighted by atomic mass is 35.5. The third-order valence-electron chi connectivity index (χ3n) is 3.50. The fraction of sp³-hybridized carbons (Fsp3) is 0.500. The highest BCUT2D eigenvalue weighted by Crippen LogP contribution is 2.29. The van der Waals surface area contributed by atoms with Gasteiger partial charge in [-0.05, 0) is 37.5 Å². The SMILES string of the molecule is COc1cc(Cl)ccc1C(=O)N(CCCl)C1CCC1. The van der Waals surface area contributed by atoms with E-state index in [0.717, 1.165) is 12.8 Å². The lowest BCUT2D eigenvalue weighted by Crippen LogP contribution is -2.45. The van der Waals surface area contributed by atoms with Crippen molar-refractivity contribution in [3.05, 3.63) is 28.8 Å². The van der Waals surface area contributed by atoms with Gasteiger partial charge in [-0.15, -0.1) is 11.6 Å². The molecule has 0 N–H and O–H groups in total. The number of methoxy groups -OCH3 is 1. The minimum atomic E-state index is -0.0288. The second-order valence-electron chi connectivity index (χ2n) is 4.62. The summed E-state index contributed by atoms with van der Waals surface area (Å²) < 4.78 is 5.24. The number of rotatable bonds is 5. The number of ether oxygens (including phenoxy) is 1. The van der Waals surface area contributed by atoms with Crippen molar-refractivity contribution in [1.29, 1.82) is 0 Å². The van der Waals surface area contributed by atoms with E-state index in [1.54, 1.807) is 18.2 Å². The van der Waals surface area contributed by atoms with E-state index in [9.17, 15) is 4.79 Å². The van der Waals surface area contributed by atoms with E-state index in [4.69, 9.17) is 27.9 Å². The van der Waals surface area contributed by atoms with Crippen LogP contribution in [0.1, 0.15) is 29.6 Å². The Morgan fingerprint density at radius 1 is 1.47 bits per heavy atom. The first kappa shape index (κ1) is 14.5. The minimum Gasteiger partial charge on any atom is -0.496 e. The summed E-state index contributed by atoms with van der Waals surface area (Å²) in [6.07, 6.45) is 3.28. The van der Waals surface area contributed by atoms with Crippen molar-refractivity contribution >= 4 is 29.1 Å². The molecular formula is C14H17Cl2NO2. The van der Waals surface area contributed by atoms with Crippen LogP contribution >= 0.6 is 23.2 Å². The van der Waals surface area contributed by atoms with Gasteiger partial charge in [0.1, 0.15) is 5.75 Å². The summed E-state index contributed by atoms with van der Waals surface area (Å²) in [5, 5.41) is 0.556. The molecule has 1 aromatic carbocycles. The van der Waals surface area contributed by atoms with Gasteiger partial charge in [-0.3, -0.25) is 4.79 Å². The van der Waals surface area contributed by atoms with Gasteiger partial charge in [0.15, 0.2) is 0 Å². The van der Waals surface area contributed by atoms with Crippen LogP contribution in [-0.2, 0) is 0 Å². The number of carbonyl (C=O) groups excluding carboxylic acids is 1. The average Bonchev–Trinajstić information content (AvgIpc) is 2.35. The highest BCUT2D eigenvalue weighted by molar-refractivity contribution is 6.30. The zero-order chi connectivity index (χ0) is 13.8. The number of benzene rings is 1. The van der Waals surface area contributed by atoms with Crippen LogP contribution in [-0.4, -0.2) is 36.4 Å². The van der Waals surface area contributed by atoms with Crippen LogP contribution in [0.3, 0.4) is 0 Å². The van der Waals surface area contributed by atoms with Gasteiger partial charge < -0.3 is 9.64 Å². The van der Waals surface area contributed by atoms with Crippen molar-refractivity contribution < 1.29 is 9.53 Å². The van der Waals surface area contributed by atoms with Crippen molar-refractivity contribution in [2.75, 3.05) is 19.5 Å². The number of halogens is 2. The molecule has 0 spiro atoms. The molecule has 1 saturated carbocycles. The summed E-state index contributed by atoms with van der Waals surface area (Å²) in [7, 11) is 1.54. The van der Waals surface area contributed by atoms with Crippen LogP contribution in [0.5, 0.6) is 5.75 Å². The normalized spacial score (nSPS) is 14.9. The summed E-state index contributed by atoms with van der Waals surface area (Å²) in [6, 6.07) is 5.39. The van der Waals surface area contributed by atoms with E-state index >= 15 is 0 Å². The van der Waals surface area contributed by atoms with Crippen LogP contribution in [0.25, 0.3) is 0 Å². The zero-order valence-electron chi connectivity index (χ0n) is 10.9. The zero-order valence-corrected chi connectivity index (χ0v) is 12.4. The minimum absolute atomic E-state index is 0.0288. The van der Waals surface area contributed by atoms with Gasteiger partial charge in [-0.25, -0.2) is 0 Å². The van der Waals surface area contributed by atoms with Crippen molar-refractivity contribution in [2.45, 2.75) is 25.3 Å². The largest absolute Gasteiger partial charge is 0.496 e. The Balaban J connectivity index is 2.25. The van der Waals surface area contributed by atoms with E-state index in [1.165, 1.54) is 13.5 Å². The second kappa shape index (κ2) is 6.49. The Hall–Kier alpha value is -0.930. The predicted molar refractivity (Wildman–Crippen MR) is 77.4 cm³/mol. The van der Waals surface area contributed by atoms with Crippen LogP contribution in [0.4, 0.5) is 0 Å². The van der Waals surface area contributed by atoms with Crippen LogP contribution < -0.4 is 4.74 Å². The Morgan fingerprint density at radius 3 is 2.74 bits per heavy atom. The van der Waals surface area contributed by atoms with Gasteiger partial charge in [0.2, 0.25) is 0 Å². The lowest BCUT2D eigenvalue weighted by molar-refractivity contribution is 0.0594. The number of nitrogens with zero attached hydrogens (tertiary/aromatic N) is 1. The first-order valence-electron chi connectivity index (χ1n) is 6.38. The molecule has 2 rings (SSSR count). The fourth-order valence-corrected chi connectivity index (χ4v) is 2.58. The van der Waals surface area contributed by atoms with Crippen molar-refractivity contribution in [1.82, 2.24) is 4.90 Å². The van der Waals surface area contributed by atoms with Crippen LogP contribution in [0, 0.1) is 0 Å². The van der Waals surface area contributed by atoms with Gasteiger partial charge in [0.25, 0.3) is 5.91 Å². The summed E-state index contributed by atoms with van der Waals surface area (Å²) >= 11 is 11.7. The molecule has 1 aliphatic carbocycles. The molecule has 0 atom stereocenters. The summed E-state index contributed by atoms with van der Waals surface area (Å²) in [5.74, 6) is 0.924. The maximum absolute atomic E-state index is 12.6. The quantitative estimate of drug-likeness (QED) is 0.778. The maximum atomic E-state index is 12.6. The average molecular weight is 302 g/mol. The number of alkyl halides is 1. The molecule has 0 aliphatic heterocycles. The van der Waals surface area contributed by atoms with Crippen LogP contribution in [0.15, 0.2) is 18.2 Å². The van der Waals surface area contributed by atoms with Crippen molar-refractivity contribution in [3.63, 3.8) is 0 Å². The molecule has 0 radical (unpaired) electrons. The van der Waals surface area contributed by atoms with E-state index in [-0.39, 0.29) is 5.91 Å². The van der Waals surface area contributed by atoms with E-state index in [0.29, 0.717) is 34.8 Å². The molecule has 1 aromatic rings. The third kappa shape index (κ3) is 3.15. The summed E-state index contributed by atoms with van der Waals surface area (Å²) in [6.45, 7) is 0.566. The van der Waals surface area contributed by atoms with E-state index in [1.807, 2.05) is 4.90 Å². The Bertz CT molecular complexity index is 461. The molecule has 0 aromatic heterocycles. The summed E-state index contributed by atoms with van der Waals surface area (Å²) in [4.78, 5) is 14.5. The molecule has 0 saturated heterocycles. The van der Waals surface area contributed by atoms with Crippen molar-refractivity contribution in [2.24, 2.45) is 0 Å². The molecule has 0 bridgehead atoms. The number of hydrogen-bond acceptors (Lipinski definition) is 2. The van der Waals surface area contributed by atoms with Gasteiger partial charge >= 0.3 is 0 Å². The smallest absolute Gasteiger partial charge is 0.257 e. The molecule has 0 unspecified atom stereocenters. The Kier molecular flexibility index (Phi) is 4.94. The molecule has 0 heterocycles.